The van der Waals surface area contributed by atoms with Crippen LogP contribution in [0, 0.1) is 35.5 Å². The molecular formula is C44H67N5O10. The van der Waals surface area contributed by atoms with Gasteiger partial charge in [0.2, 0.25) is 0 Å². The standard InChI is InChI=1S/C44H67N5O10/c1-12-34-44(8)35(32(41(54)59-44)23-46-17-14-18-49-24-31(22-47-49)30-15-13-16-45-21-30)27(4)36(50)25(2)20-43(7,55-11)39(28(5)37(51)29(6)40(53)57-34)58-42-38(52)33(48(9)10)19-26(3)56-42/h13,15-16,21-22,24-29,32-35,38-39,42,46,52H,12,14,17-20,23H2,1-11H3/t25-,26-,27-,28?,29-,32?,33+,34-,35+,38-,39-,42+,43-,44-/m1/s1. The van der Waals surface area contributed by atoms with Crippen LogP contribution < -0.4 is 5.32 Å². The van der Waals surface area contributed by atoms with Crippen LogP contribution in [-0.2, 0) is 49.4 Å². The maximum absolute atomic E-state index is 14.7. The van der Waals surface area contributed by atoms with Gasteiger partial charge in [-0.05, 0) is 80.1 Å². The number of aromatic nitrogens is 3. The van der Waals surface area contributed by atoms with Gasteiger partial charge in [0, 0.05) is 79.6 Å². The predicted octanol–water partition coefficient (Wildman–Crippen LogP) is 4.10. The first kappa shape index (κ1) is 46.5. The summed E-state index contributed by atoms with van der Waals surface area (Å²) in [5, 5.41) is 19.4. The quantitative estimate of drug-likeness (QED) is 0.177. The number of likely N-dealkylation sites (N-methyl/N-ethyl adjacent to an activating group) is 1. The second-order valence-corrected chi connectivity index (χ2v) is 17.7. The summed E-state index contributed by atoms with van der Waals surface area (Å²) in [6.45, 7) is 15.5. The molecule has 15 nitrogen and oxygen atoms in total. The molecule has 2 unspecified atom stereocenters. The van der Waals surface area contributed by atoms with Crippen molar-refractivity contribution in [2.45, 2.75) is 136 Å². The molecule has 0 aliphatic carbocycles. The van der Waals surface area contributed by atoms with E-state index in [0.29, 0.717) is 19.5 Å². The lowest BCUT2D eigenvalue weighted by Crippen LogP contribution is -2.59. The van der Waals surface area contributed by atoms with E-state index in [1.54, 1.807) is 39.4 Å². The van der Waals surface area contributed by atoms with Gasteiger partial charge in [-0.3, -0.25) is 28.8 Å². The molecule has 15 heteroatoms. The number of rotatable bonds is 12. The van der Waals surface area contributed by atoms with E-state index in [2.05, 4.69) is 15.4 Å². The van der Waals surface area contributed by atoms with Gasteiger partial charge < -0.3 is 39.0 Å². The summed E-state index contributed by atoms with van der Waals surface area (Å²) in [6, 6.07) is 3.58. The number of nitrogens with zero attached hydrogens (tertiary/aromatic N) is 4. The molecule has 2 aromatic heterocycles. The van der Waals surface area contributed by atoms with Gasteiger partial charge in [0.25, 0.3) is 0 Å². The molecule has 59 heavy (non-hydrogen) atoms. The lowest BCUT2D eigenvalue weighted by Gasteiger charge is -2.47. The van der Waals surface area contributed by atoms with Crippen molar-refractivity contribution in [3.05, 3.63) is 36.9 Å². The number of ether oxygens (including phenoxy) is 5. The Balaban J connectivity index is 1.40. The predicted molar refractivity (Wildman–Crippen MR) is 219 cm³/mol. The van der Waals surface area contributed by atoms with Crippen LogP contribution in [0.2, 0.25) is 0 Å². The van der Waals surface area contributed by atoms with Crippen molar-refractivity contribution in [3.63, 3.8) is 0 Å². The van der Waals surface area contributed by atoms with Gasteiger partial charge in [0.05, 0.1) is 29.9 Å². The van der Waals surface area contributed by atoms with E-state index < -0.39 is 89.0 Å². The Morgan fingerprint density at radius 3 is 2.39 bits per heavy atom. The van der Waals surface area contributed by atoms with Crippen LogP contribution in [0.4, 0.5) is 0 Å². The van der Waals surface area contributed by atoms with E-state index in [1.165, 1.54) is 14.0 Å². The largest absolute Gasteiger partial charge is 0.458 e. The molecule has 2 aromatic rings. The second kappa shape index (κ2) is 19.4. The molecule has 2 N–H and O–H groups in total. The van der Waals surface area contributed by atoms with E-state index >= 15 is 0 Å². The number of aliphatic hydroxyl groups is 1. The van der Waals surface area contributed by atoms with Gasteiger partial charge >= 0.3 is 11.9 Å². The number of ketones is 2. The highest BCUT2D eigenvalue weighted by Gasteiger charge is 2.61. The van der Waals surface area contributed by atoms with E-state index in [9.17, 15) is 24.3 Å². The fraction of sp³-hybridized carbons (Fsp3) is 0.727. The minimum absolute atomic E-state index is 0.129. The number of esters is 2. The minimum Gasteiger partial charge on any atom is -0.458 e. The molecule has 3 fully saturated rings. The maximum Gasteiger partial charge on any atom is 0.316 e. The molecule has 3 saturated heterocycles. The van der Waals surface area contributed by atoms with E-state index in [-0.39, 0.29) is 37.3 Å². The average Bonchev–Trinajstić information content (AvgIpc) is 3.79. The topological polar surface area (TPSA) is 181 Å². The van der Waals surface area contributed by atoms with Crippen molar-refractivity contribution in [2.75, 3.05) is 34.3 Å². The Labute approximate surface area is 349 Å². The molecule has 5 rings (SSSR count). The number of carbonyl (C=O) groups excluding carboxylic acids is 4. The zero-order chi connectivity index (χ0) is 43.4. The highest BCUT2D eigenvalue weighted by atomic mass is 16.7. The van der Waals surface area contributed by atoms with Crippen LogP contribution >= 0.6 is 0 Å². The fourth-order valence-corrected chi connectivity index (χ4v) is 9.78. The van der Waals surface area contributed by atoms with Crippen molar-refractivity contribution >= 4 is 23.5 Å². The van der Waals surface area contributed by atoms with Gasteiger partial charge in [-0.25, -0.2) is 0 Å². The highest BCUT2D eigenvalue weighted by Crippen LogP contribution is 2.48. The lowest BCUT2D eigenvalue weighted by atomic mass is 9.67. The number of Topliss-reactive ketones (excluding diaryl/α,β-unsaturated/α-hetero) is 2. The lowest BCUT2D eigenvalue weighted by molar-refractivity contribution is -0.295. The van der Waals surface area contributed by atoms with Crippen molar-refractivity contribution in [1.29, 1.82) is 0 Å². The number of cyclic esters (lactones) is 1. The van der Waals surface area contributed by atoms with Crippen LogP contribution in [-0.4, -0.2) is 131 Å². The van der Waals surface area contributed by atoms with Gasteiger partial charge in [-0.15, -0.1) is 0 Å². The minimum atomic E-state index is -1.36. The van der Waals surface area contributed by atoms with Crippen molar-refractivity contribution in [2.24, 2.45) is 35.5 Å². The Hall–Kier alpha value is -3.60. The monoisotopic (exact) mass is 825 g/mol. The molecule has 0 spiro atoms. The van der Waals surface area contributed by atoms with Crippen LogP contribution in [0.15, 0.2) is 36.9 Å². The summed E-state index contributed by atoms with van der Waals surface area (Å²) in [7, 11) is 5.25. The normalized spacial score (nSPS) is 37.5. The second-order valence-electron chi connectivity index (χ2n) is 17.7. The van der Waals surface area contributed by atoms with Crippen molar-refractivity contribution in [1.82, 2.24) is 25.0 Å². The Bertz CT molecular complexity index is 1760. The van der Waals surface area contributed by atoms with Gasteiger partial charge in [-0.2, -0.15) is 5.10 Å². The van der Waals surface area contributed by atoms with Crippen LogP contribution in [0.25, 0.3) is 11.1 Å². The molecule has 0 amide bonds. The van der Waals surface area contributed by atoms with Crippen molar-refractivity contribution in [3.8, 4) is 11.1 Å². The van der Waals surface area contributed by atoms with Gasteiger partial charge in [0.15, 0.2) is 17.7 Å². The first-order valence-electron chi connectivity index (χ1n) is 21.2. The molecule has 5 heterocycles. The molecule has 14 atom stereocenters. The summed E-state index contributed by atoms with van der Waals surface area (Å²) >= 11 is 0. The number of hydrogen-bond acceptors (Lipinski definition) is 14. The number of hydrogen-bond donors (Lipinski definition) is 2. The molecule has 3 aliphatic heterocycles. The number of aryl methyl sites for hydroxylation is 1. The number of fused-ring (bicyclic) bond motifs is 1. The summed E-state index contributed by atoms with van der Waals surface area (Å²) < 4.78 is 33.1. The molecule has 0 bridgehead atoms. The van der Waals surface area contributed by atoms with Crippen LogP contribution in [0.5, 0.6) is 0 Å². The highest BCUT2D eigenvalue weighted by molar-refractivity contribution is 6.00. The fourth-order valence-electron chi connectivity index (χ4n) is 9.78. The van der Waals surface area contributed by atoms with Crippen LogP contribution in [0.3, 0.4) is 0 Å². The summed E-state index contributed by atoms with van der Waals surface area (Å²) in [5.74, 6) is -6.74. The Kier molecular flexibility index (Phi) is 15.3. The third-order valence-electron chi connectivity index (χ3n) is 13.2. The molecule has 0 saturated carbocycles. The van der Waals surface area contributed by atoms with E-state index in [0.717, 1.165) is 17.5 Å². The number of methoxy groups -OCH3 is 1. The number of aliphatic hydroxyl groups excluding tert-OH is 1. The molecule has 328 valence electrons. The summed E-state index contributed by atoms with van der Waals surface area (Å²) in [5.41, 5.74) is -0.669. The molecular weight excluding hydrogens is 759 g/mol. The molecule has 0 radical (unpaired) electrons. The number of nitrogens with one attached hydrogen (secondary N) is 1. The first-order chi connectivity index (χ1) is 27.9. The zero-order valence-corrected chi connectivity index (χ0v) is 36.8. The smallest absolute Gasteiger partial charge is 0.316 e. The zero-order valence-electron chi connectivity index (χ0n) is 36.8. The van der Waals surface area contributed by atoms with E-state index in [4.69, 9.17) is 23.7 Å². The van der Waals surface area contributed by atoms with Crippen molar-refractivity contribution < 1.29 is 48.0 Å². The maximum atomic E-state index is 14.7. The average molecular weight is 826 g/mol. The number of pyridine rings is 1. The molecule has 0 aromatic carbocycles. The van der Waals surface area contributed by atoms with Gasteiger partial charge in [0.1, 0.15) is 23.9 Å². The Morgan fingerprint density at radius 1 is 1.02 bits per heavy atom. The third-order valence-corrected chi connectivity index (χ3v) is 13.2. The summed E-state index contributed by atoms with van der Waals surface area (Å²) in [4.78, 5) is 63.0. The third kappa shape index (κ3) is 9.97. The number of carbonyl (C=O) groups is 4. The molecule has 3 aliphatic rings. The van der Waals surface area contributed by atoms with E-state index in [1.807, 2.05) is 69.7 Å². The van der Waals surface area contributed by atoms with Crippen LogP contribution in [0.1, 0.15) is 81.1 Å². The first-order valence-corrected chi connectivity index (χ1v) is 21.2. The summed E-state index contributed by atoms with van der Waals surface area (Å²) in [6.07, 6.45) is 4.60. The van der Waals surface area contributed by atoms with Gasteiger partial charge in [-0.1, -0.05) is 33.8 Å². The Morgan fingerprint density at radius 2 is 1.75 bits per heavy atom. The SMILES string of the molecule is CC[C@H]1OC(=O)[C@H](C)C(=O)C(C)[C@@H](O[C@@H]2O[C@H](C)C[C@H](N(C)C)[C@H]2O)[C@](C)(OC)C[C@@H](C)C(=O)[C@H](C)[C@H]2C(CNCCCn3cc(-c4cccnc4)cn3)C(=O)O[C@@]21C.